The predicted octanol–water partition coefficient (Wildman–Crippen LogP) is 5.45. The molecule has 1 N–H and O–H groups in total. The number of nitrogens with one attached hydrogen (secondary N) is 1. The SMILES string of the molecule is Cc1ccc(-n2c(SCC(=O)NCCc3ccc(Cl)cc3)nc3ccccc3c2=O)cc1Cl. The van der Waals surface area contributed by atoms with Crippen LogP contribution in [0.5, 0.6) is 0 Å². The summed E-state index contributed by atoms with van der Waals surface area (Å²) in [5.74, 6) is -0.00444. The lowest BCUT2D eigenvalue weighted by Crippen LogP contribution is -2.28. The number of thioether (sulfide) groups is 1. The summed E-state index contributed by atoms with van der Waals surface area (Å²) in [6, 6.07) is 20.1. The molecule has 0 spiro atoms. The van der Waals surface area contributed by atoms with Gasteiger partial charge >= 0.3 is 0 Å². The molecule has 0 aliphatic carbocycles. The smallest absolute Gasteiger partial charge is 0.266 e. The van der Waals surface area contributed by atoms with Crippen LogP contribution in [0.15, 0.2) is 76.7 Å². The predicted molar refractivity (Wildman–Crippen MR) is 136 cm³/mol. The molecule has 0 fully saturated rings. The van der Waals surface area contributed by atoms with Crippen LogP contribution in [0.3, 0.4) is 0 Å². The number of nitrogens with zero attached hydrogens (tertiary/aromatic N) is 2. The number of para-hydroxylation sites is 1. The van der Waals surface area contributed by atoms with Gasteiger partial charge in [0.1, 0.15) is 0 Å². The topological polar surface area (TPSA) is 64.0 Å². The molecule has 168 valence electrons. The van der Waals surface area contributed by atoms with Gasteiger partial charge in [-0.1, -0.05) is 65.3 Å². The van der Waals surface area contributed by atoms with Crippen LogP contribution in [-0.2, 0) is 11.2 Å². The van der Waals surface area contributed by atoms with Gasteiger partial charge in [-0.25, -0.2) is 4.98 Å². The largest absolute Gasteiger partial charge is 0.355 e. The minimum Gasteiger partial charge on any atom is -0.355 e. The van der Waals surface area contributed by atoms with Crippen molar-refractivity contribution in [2.75, 3.05) is 12.3 Å². The number of aromatic nitrogens is 2. The highest BCUT2D eigenvalue weighted by Gasteiger charge is 2.15. The minimum atomic E-state index is -0.203. The molecule has 0 saturated carbocycles. The number of hydrogen-bond donors (Lipinski definition) is 1. The average molecular weight is 498 g/mol. The standard InChI is InChI=1S/C25H21Cl2N3O2S/c1-16-6-11-19(14-21(16)27)30-24(32)20-4-2-3-5-22(20)29-25(30)33-15-23(31)28-13-12-17-7-9-18(26)10-8-17/h2-11,14H,12-13,15H2,1H3,(H,28,31). The Bertz CT molecular complexity index is 1370. The van der Waals surface area contributed by atoms with Crippen LogP contribution in [0.1, 0.15) is 11.1 Å². The molecule has 0 aliphatic heterocycles. The molecule has 3 aromatic carbocycles. The summed E-state index contributed by atoms with van der Waals surface area (Å²) in [4.78, 5) is 30.4. The highest BCUT2D eigenvalue weighted by atomic mass is 35.5. The van der Waals surface area contributed by atoms with Gasteiger partial charge in [-0.05, 0) is 60.9 Å². The molecule has 0 aliphatic rings. The second-order valence-corrected chi connectivity index (χ2v) is 9.29. The first-order valence-electron chi connectivity index (χ1n) is 10.3. The molecule has 0 saturated heterocycles. The second kappa shape index (κ2) is 10.4. The summed E-state index contributed by atoms with van der Waals surface area (Å²) in [7, 11) is 0. The quantitative estimate of drug-likeness (QED) is 0.272. The summed E-state index contributed by atoms with van der Waals surface area (Å²) in [6.45, 7) is 2.41. The second-order valence-electron chi connectivity index (χ2n) is 7.50. The number of carbonyl (C=O) groups is 1. The van der Waals surface area contributed by atoms with Crippen molar-refractivity contribution in [1.82, 2.24) is 14.9 Å². The summed E-state index contributed by atoms with van der Waals surface area (Å²) in [5, 5.41) is 5.10. The van der Waals surface area contributed by atoms with E-state index in [9.17, 15) is 9.59 Å². The first kappa shape index (κ1) is 23.4. The van der Waals surface area contributed by atoms with Crippen molar-refractivity contribution < 1.29 is 4.79 Å². The number of aryl methyl sites for hydroxylation is 1. The fraction of sp³-hybridized carbons (Fsp3) is 0.160. The van der Waals surface area contributed by atoms with Crippen LogP contribution in [0.4, 0.5) is 0 Å². The highest BCUT2D eigenvalue weighted by molar-refractivity contribution is 7.99. The number of fused-ring (bicyclic) bond motifs is 1. The van der Waals surface area contributed by atoms with Gasteiger partial charge in [-0.15, -0.1) is 0 Å². The summed E-state index contributed by atoms with van der Waals surface area (Å²) >= 11 is 13.4. The zero-order valence-electron chi connectivity index (χ0n) is 17.8. The molecule has 5 nitrogen and oxygen atoms in total. The number of carbonyl (C=O) groups excluding carboxylic acids is 1. The summed E-state index contributed by atoms with van der Waals surface area (Å²) < 4.78 is 1.51. The van der Waals surface area contributed by atoms with Crippen molar-refractivity contribution in [3.8, 4) is 5.69 Å². The molecular weight excluding hydrogens is 477 g/mol. The first-order valence-corrected chi connectivity index (χ1v) is 12.1. The van der Waals surface area contributed by atoms with E-state index in [2.05, 4.69) is 10.3 Å². The minimum absolute atomic E-state index is 0.130. The molecule has 8 heteroatoms. The van der Waals surface area contributed by atoms with Crippen molar-refractivity contribution in [2.45, 2.75) is 18.5 Å². The van der Waals surface area contributed by atoms with Gasteiger partial charge in [0.25, 0.3) is 5.56 Å². The maximum atomic E-state index is 13.3. The van der Waals surface area contributed by atoms with Crippen molar-refractivity contribution >= 4 is 51.8 Å². The molecule has 0 atom stereocenters. The molecular formula is C25H21Cl2N3O2S. The van der Waals surface area contributed by atoms with E-state index >= 15 is 0 Å². The van der Waals surface area contributed by atoms with Crippen LogP contribution in [0.25, 0.3) is 16.6 Å². The lowest BCUT2D eigenvalue weighted by molar-refractivity contribution is -0.118. The molecule has 1 amide bonds. The molecule has 1 heterocycles. The molecule has 33 heavy (non-hydrogen) atoms. The average Bonchev–Trinajstić information content (AvgIpc) is 2.81. The van der Waals surface area contributed by atoms with E-state index in [0.29, 0.717) is 44.8 Å². The molecule has 0 radical (unpaired) electrons. The van der Waals surface area contributed by atoms with Gasteiger partial charge < -0.3 is 5.32 Å². The van der Waals surface area contributed by atoms with Crippen molar-refractivity contribution in [3.63, 3.8) is 0 Å². The Hall–Kier alpha value is -2.80. The van der Waals surface area contributed by atoms with E-state index < -0.39 is 0 Å². The number of rotatable bonds is 7. The number of amides is 1. The Morgan fingerprint density at radius 3 is 2.58 bits per heavy atom. The van der Waals surface area contributed by atoms with Gasteiger partial charge in [0.2, 0.25) is 5.91 Å². The Morgan fingerprint density at radius 1 is 1.06 bits per heavy atom. The monoisotopic (exact) mass is 497 g/mol. The maximum Gasteiger partial charge on any atom is 0.266 e. The van der Waals surface area contributed by atoms with Crippen molar-refractivity contribution in [2.24, 2.45) is 0 Å². The van der Waals surface area contributed by atoms with Gasteiger partial charge in [0.05, 0.1) is 22.3 Å². The Morgan fingerprint density at radius 2 is 1.82 bits per heavy atom. The summed E-state index contributed by atoms with van der Waals surface area (Å²) in [5.41, 5.74) is 3.00. The lowest BCUT2D eigenvalue weighted by Gasteiger charge is -2.14. The van der Waals surface area contributed by atoms with E-state index in [-0.39, 0.29) is 17.2 Å². The molecule has 1 aromatic heterocycles. The summed E-state index contributed by atoms with van der Waals surface area (Å²) in [6.07, 6.45) is 0.703. The third kappa shape index (κ3) is 5.58. The Balaban J connectivity index is 1.53. The maximum absolute atomic E-state index is 13.3. The highest BCUT2D eigenvalue weighted by Crippen LogP contribution is 2.24. The number of hydrogen-bond acceptors (Lipinski definition) is 4. The van der Waals surface area contributed by atoms with Crippen LogP contribution in [0.2, 0.25) is 10.0 Å². The Labute approximate surface area is 205 Å². The van der Waals surface area contributed by atoms with E-state index in [0.717, 1.165) is 11.1 Å². The van der Waals surface area contributed by atoms with E-state index in [4.69, 9.17) is 23.2 Å². The lowest BCUT2D eigenvalue weighted by atomic mass is 10.1. The van der Waals surface area contributed by atoms with Gasteiger partial charge in [-0.2, -0.15) is 0 Å². The zero-order valence-corrected chi connectivity index (χ0v) is 20.2. The number of halogens is 2. The zero-order chi connectivity index (χ0) is 23.4. The van der Waals surface area contributed by atoms with Crippen LogP contribution in [-0.4, -0.2) is 27.8 Å². The molecule has 4 rings (SSSR count). The van der Waals surface area contributed by atoms with E-state index in [1.54, 1.807) is 24.3 Å². The molecule has 0 bridgehead atoms. The Kier molecular flexibility index (Phi) is 7.38. The number of benzene rings is 3. The van der Waals surface area contributed by atoms with Crippen LogP contribution < -0.4 is 10.9 Å². The third-order valence-electron chi connectivity index (χ3n) is 5.14. The van der Waals surface area contributed by atoms with Crippen LogP contribution >= 0.6 is 35.0 Å². The molecule has 0 unspecified atom stereocenters. The van der Waals surface area contributed by atoms with Crippen LogP contribution in [0, 0.1) is 6.92 Å². The van der Waals surface area contributed by atoms with E-state index in [1.807, 2.05) is 49.4 Å². The van der Waals surface area contributed by atoms with Gasteiger partial charge in [0, 0.05) is 16.6 Å². The fourth-order valence-electron chi connectivity index (χ4n) is 3.34. The first-order chi connectivity index (χ1) is 15.9. The third-order valence-corrected chi connectivity index (χ3v) is 6.74. The molecule has 4 aromatic rings. The van der Waals surface area contributed by atoms with E-state index in [1.165, 1.54) is 16.3 Å². The normalized spacial score (nSPS) is 11.0. The van der Waals surface area contributed by atoms with Crippen molar-refractivity contribution in [3.05, 3.63) is 98.3 Å². The van der Waals surface area contributed by atoms with Gasteiger partial charge in [0.15, 0.2) is 5.16 Å². The van der Waals surface area contributed by atoms with Gasteiger partial charge in [-0.3, -0.25) is 14.2 Å². The van der Waals surface area contributed by atoms with Crippen molar-refractivity contribution in [1.29, 1.82) is 0 Å². The fourth-order valence-corrected chi connectivity index (χ4v) is 4.48.